The molecular weight excluding hydrogens is 244 g/mol. The topological polar surface area (TPSA) is 63.9 Å². The van der Waals surface area contributed by atoms with Gasteiger partial charge in [0.25, 0.3) is 0 Å². The third-order valence-electron chi connectivity index (χ3n) is 2.06. The Morgan fingerprint density at radius 2 is 2.13 bits per heavy atom. The van der Waals surface area contributed by atoms with Gasteiger partial charge in [0.05, 0.1) is 0 Å². The van der Waals surface area contributed by atoms with E-state index in [2.05, 4.69) is 12.1 Å². The average Bonchev–Trinajstić information content (AvgIpc) is 2.50. The second-order valence-corrected chi connectivity index (χ2v) is 6.65. The average molecular weight is 259 g/mol. The van der Waals surface area contributed by atoms with E-state index in [1.807, 2.05) is 0 Å². The van der Waals surface area contributed by atoms with Crippen LogP contribution in [0.15, 0.2) is 11.6 Å². The first-order chi connectivity index (χ1) is 6.79. The summed E-state index contributed by atoms with van der Waals surface area (Å²) < 4.78 is 0.653. The van der Waals surface area contributed by atoms with Gasteiger partial charge in [0.15, 0.2) is 0 Å². The number of carbonyl (C=O) groups excluding carboxylic acids is 1. The number of carbonyl (C=O) groups is 1. The summed E-state index contributed by atoms with van der Waals surface area (Å²) in [5.74, 6) is -1.01. The molecule has 0 saturated carbocycles. The van der Waals surface area contributed by atoms with Gasteiger partial charge in [-0.05, 0) is 0 Å². The van der Waals surface area contributed by atoms with E-state index >= 15 is 0 Å². The SMILES string of the molecule is CC(C)(C)C(=O)[O-].N#CC1=CCC[CH]1[Zn+]. The molecule has 1 aliphatic carbocycles. The molecule has 0 aromatic carbocycles. The number of nitrogens with zero attached hydrogens (tertiary/aromatic N) is 1. The molecule has 0 N–H and O–H groups in total. The molecule has 3 nitrogen and oxygen atoms in total. The van der Waals surface area contributed by atoms with Crippen molar-refractivity contribution in [1.29, 1.82) is 5.26 Å². The van der Waals surface area contributed by atoms with Crippen LogP contribution in [0.3, 0.4) is 0 Å². The first-order valence-corrected chi connectivity index (χ1v) is 6.65. The van der Waals surface area contributed by atoms with E-state index in [4.69, 9.17) is 5.26 Å². The zero-order valence-electron chi connectivity index (χ0n) is 9.54. The van der Waals surface area contributed by atoms with Gasteiger partial charge in [-0.25, -0.2) is 0 Å². The van der Waals surface area contributed by atoms with Crippen LogP contribution in [0.1, 0.15) is 33.6 Å². The third kappa shape index (κ3) is 5.69. The van der Waals surface area contributed by atoms with Crippen molar-refractivity contribution < 1.29 is 28.2 Å². The fourth-order valence-corrected chi connectivity index (χ4v) is 1.93. The van der Waals surface area contributed by atoms with E-state index in [-0.39, 0.29) is 0 Å². The van der Waals surface area contributed by atoms with Gasteiger partial charge < -0.3 is 9.90 Å². The Morgan fingerprint density at radius 3 is 2.27 bits per heavy atom. The number of carboxylic acids is 1. The molecule has 78 valence electrons. The van der Waals surface area contributed by atoms with Crippen molar-refractivity contribution >= 4 is 5.97 Å². The second kappa shape index (κ2) is 6.03. The van der Waals surface area contributed by atoms with Crippen molar-refractivity contribution in [2.75, 3.05) is 0 Å². The molecule has 0 saturated heterocycles. The van der Waals surface area contributed by atoms with Gasteiger partial charge in [-0.15, -0.1) is 0 Å². The van der Waals surface area contributed by atoms with Gasteiger partial charge in [-0.3, -0.25) is 0 Å². The predicted molar refractivity (Wildman–Crippen MR) is 51.1 cm³/mol. The van der Waals surface area contributed by atoms with Crippen molar-refractivity contribution in [3.63, 3.8) is 0 Å². The first-order valence-electron chi connectivity index (χ1n) is 4.93. The molecule has 15 heavy (non-hydrogen) atoms. The van der Waals surface area contributed by atoms with Gasteiger partial charge in [-0.1, -0.05) is 20.8 Å². The molecule has 0 aliphatic heterocycles. The molecule has 0 amide bonds. The Hall–Kier alpha value is -0.677. The summed E-state index contributed by atoms with van der Waals surface area (Å²) in [6.07, 6.45) is 4.42. The molecule has 1 atom stereocenters. The number of carboxylic acid groups (broad SMARTS) is 1. The zero-order valence-corrected chi connectivity index (χ0v) is 12.5. The number of hydrogen-bond donors (Lipinski definition) is 0. The second-order valence-electron chi connectivity index (χ2n) is 4.58. The molecule has 1 unspecified atom stereocenters. The molecule has 0 aromatic rings. The van der Waals surface area contributed by atoms with E-state index in [0.717, 1.165) is 12.0 Å². The van der Waals surface area contributed by atoms with E-state index < -0.39 is 11.4 Å². The van der Waals surface area contributed by atoms with Crippen LogP contribution in [-0.2, 0) is 23.1 Å². The van der Waals surface area contributed by atoms with E-state index in [1.54, 1.807) is 20.8 Å². The number of aliphatic carboxylic acids is 1. The molecule has 0 spiro atoms. The van der Waals surface area contributed by atoms with Gasteiger partial charge >= 0.3 is 58.6 Å². The van der Waals surface area contributed by atoms with Crippen LogP contribution in [0.4, 0.5) is 0 Å². The van der Waals surface area contributed by atoms with Crippen LogP contribution in [0.5, 0.6) is 0 Å². The number of allylic oxidation sites excluding steroid dienone is 2. The summed E-state index contributed by atoms with van der Waals surface area (Å²) in [7, 11) is 0. The fraction of sp³-hybridized carbons (Fsp3) is 0.636. The Morgan fingerprint density at radius 1 is 1.67 bits per heavy atom. The van der Waals surface area contributed by atoms with Crippen LogP contribution in [0.2, 0.25) is 4.51 Å². The van der Waals surface area contributed by atoms with Crippen LogP contribution < -0.4 is 5.11 Å². The van der Waals surface area contributed by atoms with Crippen molar-refractivity contribution in [2.45, 2.75) is 38.1 Å². The number of rotatable bonds is 0. The van der Waals surface area contributed by atoms with Crippen molar-refractivity contribution in [2.24, 2.45) is 5.41 Å². The van der Waals surface area contributed by atoms with Gasteiger partial charge in [0.2, 0.25) is 0 Å². The maximum atomic E-state index is 9.91. The Bertz CT molecular complexity index is 297. The van der Waals surface area contributed by atoms with E-state index in [1.165, 1.54) is 24.7 Å². The quantitative estimate of drug-likeness (QED) is 0.616. The Balaban J connectivity index is 0.000000265. The van der Waals surface area contributed by atoms with Crippen molar-refractivity contribution in [3.05, 3.63) is 11.6 Å². The van der Waals surface area contributed by atoms with Crippen LogP contribution in [0, 0.1) is 16.7 Å². The Labute approximate surface area is 101 Å². The summed E-state index contributed by atoms with van der Waals surface area (Å²) >= 11 is 1.25. The standard InChI is InChI=1S/C6H6N.C5H10O2.Zn/c7-5-6-3-1-2-4-6;1-5(2,3)4(6)7;/h3-4H,1-2H2;1-3H3,(H,6,7);/q;;+1/p-1. The minimum absolute atomic E-state index is 0.653. The van der Waals surface area contributed by atoms with E-state index in [9.17, 15) is 9.90 Å². The Kier molecular flexibility index (Phi) is 5.75. The molecular formula is C11H15NO2Zn. The maximum absolute atomic E-state index is 9.91. The predicted octanol–water partition coefficient (Wildman–Crippen LogP) is 1.35. The number of hydrogen-bond acceptors (Lipinski definition) is 3. The summed E-state index contributed by atoms with van der Waals surface area (Å²) in [5, 5.41) is 18.3. The summed E-state index contributed by atoms with van der Waals surface area (Å²) in [6, 6.07) is 2.21. The van der Waals surface area contributed by atoms with Gasteiger partial charge in [0.1, 0.15) is 0 Å². The molecule has 4 heteroatoms. The van der Waals surface area contributed by atoms with Crippen molar-refractivity contribution in [1.82, 2.24) is 0 Å². The molecule has 1 rings (SSSR count). The molecule has 0 aromatic heterocycles. The van der Waals surface area contributed by atoms with Crippen LogP contribution >= 0.6 is 0 Å². The van der Waals surface area contributed by atoms with Crippen LogP contribution in [-0.4, -0.2) is 5.97 Å². The number of nitriles is 1. The molecule has 0 fully saturated rings. The van der Waals surface area contributed by atoms with Crippen molar-refractivity contribution in [3.8, 4) is 6.07 Å². The molecule has 0 bridgehead atoms. The zero-order chi connectivity index (χ0) is 12.1. The third-order valence-corrected chi connectivity index (χ3v) is 3.84. The van der Waals surface area contributed by atoms with E-state index in [0.29, 0.717) is 4.51 Å². The summed E-state index contributed by atoms with van der Waals surface area (Å²) in [4.78, 5) is 9.91. The molecule has 0 heterocycles. The van der Waals surface area contributed by atoms with Gasteiger partial charge in [0, 0.05) is 11.4 Å². The summed E-state index contributed by atoms with van der Waals surface area (Å²) in [5.41, 5.74) is 0.338. The van der Waals surface area contributed by atoms with Crippen LogP contribution in [0.25, 0.3) is 0 Å². The summed E-state index contributed by atoms with van der Waals surface area (Å²) in [6.45, 7) is 4.80. The molecule has 0 radical (unpaired) electrons. The van der Waals surface area contributed by atoms with Gasteiger partial charge in [-0.2, -0.15) is 0 Å². The molecule has 1 aliphatic rings. The fourth-order valence-electron chi connectivity index (χ4n) is 0.899. The minimum atomic E-state index is -1.01. The monoisotopic (exact) mass is 257 g/mol. The normalized spacial score (nSPS) is 19.7. The first kappa shape index (κ1) is 14.3.